The number of hydrogen-bond acceptors (Lipinski definition) is 4. The molecule has 2 amide bonds. The number of piperidine rings is 1. The molecular formula is C22H32N4O3. The van der Waals surface area contributed by atoms with Gasteiger partial charge in [-0.3, -0.25) is 9.59 Å². The summed E-state index contributed by atoms with van der Waals surface area (Å²) in [6.45, 7) is 8.52. The molecule has 1 saturated heterocycles. The van der Waals surface area contributed by atoms with Crippen LogP contribution in [0.1, 0.15) is 48.4 Å². The van der Waals surface area contributed by atoms with E-state index >= 15 is 0 Å². The second-order valence-corrected chi connectivity index (χ2v) is 7.18. The Kier molecular flexibility index (Phi) is 8.89. The monoisotopic (exact) mass is 400 g/mol. The number of aliphatic hydroxyl groups excluding tert-OH is 1. The third-order valence-corrected chi connectivity index (χ3v) is 4.79. The molecule has 0 aromatic carbocycles. The number of H-pyrrole nitrogens is 1. The van der Waals surface area contributed by atoms with Gasteiger partial charge in [-0.2, -0.15) is 0 Å². The van der Waals surface area contributed by atoms with E-state index in [1.807, 2.05) is 20.8 Å². The predicted molar refractivity (Wildman–Crippen MR) is 115 cm³/mol. The van der Waals surface area contributed by atoms with Crippen LogP contribution in [0.2, 0.25) is 0 Å². The first-order chi connectivity index (χ1) is 13.9. The molecule has 1 fully saturated rings. The second-order valence-electron chi connectivity index (χ2n) is 7.18. The minimum atomic E-state index is -0.243. The summed E-state index contributed by atoms with van der Waals surface area (Å²) in [4.78, 5) is 30.4. The molecule has 2 heterocycles. The summed E-state index contributed by atoms with van der Waals surface area (Å²) >= 11 is 0. The van der Waals surface area contributed by atoms with Crippen LogP contribution in [0, 0.1) is 6.92 Å². The number of aromatic nitrogens is 1. The molecule has 0 aliphatic carbocycles. The van der Waals surface area contributed by atoms with E-state index < -0.39 is 0 Å². The lowest BCUT2D eigenvalue weighted by molar-refractivity contribution is -0.116. The lowest BCUT2D eigenvalue weighted by Crippen LogP contribution is -2.40. The largest absolute Gasteiger partial charge is 0.393 e. The van der Waals surface area contributed by atoms with Gasteiger partial charge in [0, 0.05) is 37.4 Å². The van der Waals surface area contributed by atoms with Crippen molar-refractivity contribution in [2.24, 2.45) is 0 Å². The van der Waals surface area contributed by atoms with E-state index in [0.29, 0.717) is 23.4 Å². The van der Waals surface area contributed by atoms with Crippen molar-refractivity contribution >= 4 is 17.9 Å². The maximum absolute atomic E-state index is 12.7. The van der Waals surface area contributed by atoms with Crippen LogP contribution < -0.4 is 10.6 Å². The molecule has 7 nitrogen and oxygen atoms in total. The van der Waals surface area contributed by atoms with Gasteiger partial charge in [0.2, 0.25) is 0 Å². The normalized spacial score (nSPS) is 16.6. The Bertz CT molecular complexity index is 784. The molecule has 29 heavy (non-hydrogen) atoms. The Morgan fingerprint density at radius 2 is 2.00 bits per heavy atom. The summed E-state index contributed by atoms with van der Waals surface area (Å²) in [6.07, 6.45) is 9.86. The lowest BCUT2D eigenvalue weighted by atomic mass is 10.1. The molecule has 7 heteroatoms. The van der Waals surface area contributed by atoms with Crippen molar-refractivity contribution in [1.29, 1.82) is 0 Å². The van der Waals surface area contributed by atoms with Crippen LogP contribution >= 0.6 is 0 Å². The highest BCUT2D eigenvalue weighted by atomic mass is 16.3. The van der Waals surface area contributed by atoms with Crippen molar-refractivity contribution in [2.75, 3.05) is 26.2 Å². The van der Waals surface area contributed by atoms with Crippen LogP contribution in [-0.4, -0.2) is 59.1 Å². The number of amides is 2. The van der Waals surface area contributed by atoms with E-state index in [0.717, 1.165) is 38.2 Å². The number of carbonyl (C=O) groups excluding carboxylic acids is 2. The molecule has 0 bridgehead atoms. The van der Waals surface area contributed by atoms with Gasteiger partial charge in [0.25, 0.3) is 11.8 Å². The molecule has 158 valence electrons. The highest BCUT2D eigenvalue weighted by Crippen LogP contribution is 2.16. The lowest BCUT2D eigenvalue weighted by Gasteiger charge is -2.29. The third-order valence-electron chi connectivity index (χ3n) is 4.79. The van der Waals surface area contributed by atoms with E-state index in [4.69, 9.17) is 0 Å². The van der Waals surface area contributed by atoms with Gasteiger partial charge in [-0.25, -0.2) is 0 Å². The van der Waals surface area contributed by atoms with Gasteiger partial charge in [-0.15, -0.1) is 0 Å². The number of rotatable bonds is 8. The standard InChI is InChI=1S/C22H32N4O3/c1-4-6-17(21(28)23-9-5-2)15-20-19(14-16(3)25-20)22(29)24-10-13-26-11-7-18(27)8-12-26/h4-6,9,14-15,18,25,27H,7-8,10-13H2,1-3H3,(H,23,28)(H,24,29). The number of nitrogens with one attached hydrogen (secondary N) is 3. The van der Waals surface area contributed by atoms with Gasteiger partial charge in [0.1, 0.15) is 0 Å². The summed E-state index contributed by atoms with van der Waals surface area (Å²) in [5, 5.41) is 15.2. The minimum absolute atomic E-state index is 0.175. The zero-order valence-electron chi connectivity index (χ0n) is 17.5. The first-order valence-electron chi connectivity index (χ1n) is 10.1. The van der Waals surface area contributed by atoms with Crippen LogP contribution in [0.15, 0.2) is 36.1 Å². The molecular weight excluding hydrogens is 368 g/mol. The fourth-order valence-corrected chi connectivity index (χ4v) is 3.24. The molecule has 4 N–H and O–H groups in total. The van der Waals surface area contributed by atoms with Crippen molar-refractivity contribution in [2.45, 2.75) is 39.7 Å². The van der Waals surface area contributed by atoms with Crippen LogP contribution in [0.3, 0.4) is 0 Å². The van der Waals surface area contributed by atoms with E-state index in [2.05, 4.69) is 20.5 Å². The number of likely N-dealkylation sites (tertiary alicyclic amines) is 1. The zero-order chi connectivity index (χ0) is 21.2. The molecule has 1 aromatic heterocycles. The van der Waals surface area contributed by atoms with Gasteiger partial charge < -0.3 is 25.6 Å². The van der Waals surface area contributed by atoms with Crippen molar-refractivity contribution in [3.8, 4) is 0 Å². The van der Waals surface area contributed by atoms with Crippen molar-refractivity contribution in [3.63, 3.8) is 0 Å². The summed E-state index contributed by atoms with van der Waals surface area (Å²) < 4.78 is 0. The predicted octanol–water partition coefficient (Wildman–Crippen LogP) is 2.12. The molecule has 1 aromatic rings. The molecule has 0 spiro atoms. The molecule has 1 aliphatic rings. The number of nitrogens with zero attached hydrogens (tertiary/aromatic N) is 1. The van der Waals surface area contributed by atoms with Crippen LogP contribution in [0.5, 0.6) is 0 Å². The number of aliphatic hydroxyl groups is 1. The Balaban J connectivity index is 2.05. The fourth-order valence-electron chi connectivity index (χ4n) is 3.24. The number of aryl methyl sites for hydroxylation is 1. The summed E-state index contributed by atoms with van der Waals surface area (Å²) in [5.74, 6) is -0.418. The molecule has 2 rings (SSSR count). The second kappa shape index (κ2) is 11.4. The zero-order valence-corrected chi connectivity index (χ0v) is 17.5. The SMILES string of the molecule is CC=CNC(=O)C(C=CC)=Cc1[nH]c(C)cc1C(=O)NCCN1CCC(O)CC1. The van der Waals surface area contributed by atoms with Crippen molar-refractivity contribution in [1.82, 2.24) is 20.5 Å². The van der Waals surface area contributed by atoms with Crippen LogP contribution in [0.25, 0.3) is 6.08 Å². The smallest absolute Gasteiger partial charge is 0.255 e. The summed E-state index contributed by atoms with van der Waals surface area (Å²) in [7, 11) is 0. The maximum Gasteiger partial charge on any atom is 0.255 e. The summed E-state index contributed by atoms with van der Waals surface area (Å²) in [6, 6.07) is 1.79. The molecule has 0 radical (unpaired) electrons. The molecule has 0 atom stereocenters. The number of aromatic amines is 1. The van der Waals surface area contributed by atoms with Gasteiger partial charge in [-0.05, 0) is 52.0 Å². The van der Waals surface area contributed by atoms with Gasteiger partial charge in [0.15, 0.2) is 0 Å². The third kappa shape index (κ3) is 7.03. The molecule has 0 unspecified atom stereocenters. The van der Waals surface area contributed by atoms with Gasteiger partial charge in [0.05, 0.1) is 17.4 Å². The topological polar surface area (TPSA) is 97.5 Å². The van der Waals surface area contributed by atoms with Gasteiger partial charge >= 0.3 is 0 Å². The Morgan fingerprint density at radius 3 is 2.66 bits per heavy atom. The number of hydrogen-bond donors (Lipinski definition) is 4. The Morgan fingerprint density at radius 1 is 1.28 bits per heavy atom. The fraction of sp³-hybridized carbons (Fsp3) is 0.455. The number of allylic oxidation sites excluding steroid dienone is 2. The minimum Gasteiger partial charge on any atom is -0.393 e. The first kappa shape index (κ1) is 22.6. The van der Waals surface area contributed by atoms with E-state index in [9.17, 15) is 14.7 Å². The molecule has 0 saturated carbocycles. The highest BCUT2D eigenvalue weighted by molar-refractivity contribution is 6.03. The summed E-state index contributed by atoms with van der Waals surface area (Å²) in [5.41, 5.74) is 2.41. The molecule has 1 aliphatic heterocycles. The van der Waals surface area contributed by atoms with Crippen molar-refractivity contribution < 1.29 is 14.7 Å². The maximum atomic E-state index is 12.7. The average Bonchev–Trinajstić information content (AvgIpc) is 3.07. The quantitative estimate of drug-likeness (QED) is 0.397. The van der Waals surface area contributed by atoms with Crippen molar-refractivity contribution in [3.05, 3.63) is 53.0 Å². The van der Waals surface area contributed by atoms with E-state index in [1.54, 1.807) is 36.6 Å². The Labute approximate surface area is 172 Å². The van der Waals surface area contributed by atoms with Crippen LogP contribution in [0.4, 0.5) is 0 Å². The Hall–Kier alpha value is -2.64. The van der Waals surface area contributed by atoms with Gasteiger partial charge in [-0.1, -0.05) is 18.2 Å². The van der Waals surface area contributed by atoms with E-state index in [1.165, 1.54) is 0 Å². The van der Waals surface area contributed by atoms with Crippen LogP contribution in [-0.2, 0) is 4.79 Å². The first-order valence-corrected chi connectivity index (χ1v) is 10.1. The van der Waals surface area contributed by atoms with E-state index in [-0.39, 0.29) is 17.9 Å². The highest BCUT2D eigenvalue weighted by Gasteiger charge is 2.18. The number of carbonyl (C=O) groups is 2. The average molecular weight is 401 g/mol.